The maximum atomic E-state index is 5.02. The quantitative estimate of drug-likeness (QED) is 0.536. The summed E-state index contributed by atoms with van der Waals surface area (Å²) < 4.78 is 2.04. The molecule has 1 aliphatic rings. The number of imidazole rings is 2. The molecule has 30 heavy (non-hydrogen) atoms. The van der Waals surface area contributed by atoms with Crippen LogP contribution >= 0.6 is 0 Å². The van der Waals surface area contributed by atoms with Crippen molar-refractivity contribution in [3.63, 3.8) is 0 Å². The fourth-order valence-corrected chi connectivity index (χ4v) is 4.28. The van der Waals surface area contributed by atoms with Crippen LogP contribution in [-0.4, -0.2) is 40.9 Å². The number of nitrogens with one attached hydrogen (secondary N) is 1. The van der Waals surface area contributed by atoms with Crippen molar-refractivity contribution >= 4 is 0 Å². The van der Waals surface area contributed by atoms with Crippen LogP contribution in [0.1, 0.15) is 42.2 Å². The number of hydrogen-bond acceptors (Lipinski definition) is 5. The average Bonchev–Trinajstić information content (AvgIpc) is 3.42. The largest absolute Gasteiger partial charge is 0.344 e. The molecule has 7 nitrogen and oxygen atoms in total. The van der Waals surface area contributed by atoms with E-state index < -0.39 is 0 Å². The number of fused-ring (bicyclic) bond motifs is 1. The summed E-state index contributed by atoms with van der Waals surface area (Å²) in [7, 11) is 0. The molecule has 1 aliphatic heterocycles. The van der Waals surface area contributed by atoms with Crippen LogP contribution in [0.2, 0.25) is 0 Å². The van der Waals surface area contributed by atoms with Crippen LogP contribution in [0.4, 0.5) is 0 Å². The fraction of sp³-hybridized carbons (Fsp3) is 0.304. The molecule has 0 aliphatic carbocycles. The molecule has 152 valence electrons. The third-order valence-corrected chi connectivity index (χ3v) is 5.68. The predicted octanol–water partition coefficient (Wildman–Crippen LogP) is 3.62. The average molecular weight is 400 g/mol. The van der Waals surface area contributed by atoms with E-state index in [9.17, 15) is 0 Å². The van der Waals surface area contributed by atoms with Crippen LogP contribution in [-0.2, 0) is 19.5 Å². The normalized spacial score (nSPS) is 16.5. The standard InChI is InChI=1S/C23H25N7/c1-2-19-21-18(9-13-29(19)15-17-7-4-3-5-8-17)27-20(28-21)16-30-14-12-26-23(30)22-24-10-6-11-25-22/h3-8,10-12,14,19H,2,9,13,15-16H2,1H3,(H,27,28). The molecule has 1 aromatic carbocycles. The van der Waals surface area contributed by atoms with Gasteiger partial charge in [0.15, 0.2) is 11.6 Å². The SMILES string of the molecule is CCC1c2nc(Cn3ccnc3-c3ncccn3)[nH]c2CCN1Cc1ccccc1. The van der Waals surface area contributed by atoms with Crippen molar-refractivity contribution in [2.75, 3.05) is 6.54 Å². The molecule has 3 aromatic heterocycles. The second-order valence-corrected chi connectivity index (χ2v) is 7.63. The smallest absolute Gasteiger partial charge is 0.195 e. The Bertz CT molecular complexity index is 1100. The summed E-state index contributed by atoms with van der Waals surface area (Å²) >= 11 is 0. The molecule has 1 N–H and O–H groups in total. The topological polar surface area (TPSA) is 75.5 Å². The van der Waals surface area contributed by atoms with Crippen LogP contribution < -0.4 is 0 Å². The molecule has 1 atom stereocenters. The molecule has 1 unspecified atom stereocenters. The summed E-state index contributed by atoms with van der Waals surface area (Å²) in [4.78, 5) is 24.2. The number of benzene rings is 1. The van der Waals surface area contributed by atoms with Gasteiger partial charge in [-0.25, -0.2) is 19.9 Å². The zero-order valence-electron chi connectivity index (χ0n) is 17.1. The molecule has 0 spiro atoms. The minimum Gasteiger partial charge on any atom is -0.344 e. The highest BCUT2D eigenvalue weighted by atomic mass is 15.2. The number of H-pyrrole nitrogens is 1. The highest BCUT2D eigenvalue weighted by Gasteiger charge is 2.29. The van der Waals surface area contributed by atoms with Gasteiger partial charge in [0.1, 0.15) is 5.82 Å². The first-order valence-electron chi connectivity index (χ1n) is 10.5. The first-order chi connectivity index (χ1) is 14.8. The molecule has 0 saturated heterocycles. The van der Waals surface area contributed by atoms with Crippen LogP contribution in [0.5, 0.6) is 0 Å². The van der Waals surface area contributed by atoms with Crippen LogP contribution in [0.3, 0.4) is 0 Å². The van der Waals surface area contributed by atoms with Gasteiger partial charge in [0.2, 0.25) is 0 Å². The molecule has 0 fully saturated rings. The third-order valence-electron chi connectivity index (χ3n) is 5.68. The van der Waals surface area contributed by atoms with Gasteiger partial charge in [-0.2, -0.15) is 0 Å². The lowest BCUT2D eigenvalue weighted by molar-refractivity contribution is 0.167. The molecule has 7 heteroatoms. The van der Waals surface area contributed by atoms with Gasteiger partial charge in [0.05, 0.1) is 18.3 Å². The molecule has 4 aromatic rings. The van der Waals surface area contributed by atoms with Crippen molar-refractivity contribution in [3.05, 3.63) is 84.0 Å². The Balaban J connectivity index is 1.38. The first-order valence-corrected chi connectivity index (χ1v) is 10.5. The van der Waals surface area contributed by atoms with Crippen molar-refractivity contribution in [1.29, 1.82) is 0 Å². The van der Waals surface area contributed by atoms with E-state index in [1.54, 1.807) is 18.6 Å². The Morgan fingerprint density at radius 1 is 1.00 bits per heavy atom. The fourth-order valence-electron chi connectivity index (χ4n) is 4.28. The van der Waals surface area contributed by atoms with Crippen molar-refractivity contribution in [3.8, 4) is 11.6 Å². The lowest BCUT2D eigenvalue weighted by Gasteiger charge is -2.34. The Hall–Kier alpha value is -3.32. The highest BCUT2D eigenvalue weighted by molar-refractivity contribution is 5.43. The molecule has 0 amide bonds. The van der Waals surface area contributed by atoms with Gasteiger partial charge in [0.25, 0.3) is 0 Å². The Morgan fingerprint density at radius 2 is 1.83 bits per heavy atom. The van der Waals surface area contributed by atoms with Gasteiger partial charge in [-0.05, 0) is 18.1 Å². The summed E-state index contributed by atoms with van der Waals surface area (Å²) in [5, 5.41) is 0. The van der Waals surface area contributed by atoms with E-state index in [1.165, 1.54) is 17.0 Å². The van der Waals surface area contributed by atoms with Gasteiger partial charge in [-0.1, -0.05) is 37.3 Å². The Kier molecular flexibility index (Phi) is 5.11. The van der Waals surface area contributed by atoms with E-state index in [-0.39, 0.29) is 0 Å². The van der Waals surface area contributed by atoms with Crippen LogP contribution in [0.25, 0.3) is 11.6 Å². The minimum absolute atomic E-state index is 0.332. The third kappa shape index (κ3) is 3.64. The molecular weight excluding hydrogens is 374 g/mol. The Labute approximate surface area is 175 Å². The number of nitrogens with zero attached hydrogens (tertiary/aromatic N) is 6. The number of aromatic nitrogens is 6. The Morgan fingerprint density at radius 3 is 2.63 bits per heavy atom. The van der Waals surface area contributed by atoms with Crippen molar-refractivity contribution in [2.45, 2.75) is 38.9 Å². The number of rotatable bonds is 6. The van der Waals surface area contributed by atoms with E-state index in [2.05, 4.69) is 62.1 Å². The van der Waals surface area contributed by atoms with Gasteiger partial charge in [-0.15, -0.1) is 0 Å². The van der Waals surface area contributed by atoms with E-state index in [4.69, 9.17) is 4.98 Å². The molecule has 0 bridgehead atoms. The van der Waals surface area contributed by atoms with E-state index >= 15 is 0 Å². The van der Waals surface area contributed by atoms with E-state index in [0.29, 0.717) is 18.4 Å². The lowest BCUT2D eigenvalue weighted by Crippen LogP contribution is -2.34. The monoisotopic (exact) mass is 399 g/mol. The molecular formula is C23H25N7. The summed E-state index contributed by atoms with van der Waals surface area (Å²) in [6, 6.07) is 12.8. The highest BCUT2D eigenvalue weighted by Crippen LogP contribution is 2.32. The van der Waals surface area contributed by atoms with Crippen LogP contribution in [0.15, 0.2) is 61.2 Å². The van der Waals surface area contributed by atoms with Crippen molar-refractivity contribution < 1.29 is 0 Å². The van der Waals surface area contributed by atoms with Gasteiger partial charge >= 0.3 is 0 Å². The van der Waals surface area contributed by atoms with Gasteiger partial charge in [0, 0.05) is 50.0 Å². The van der Waals surface area contributed by atoms with Gasteiger partial charge in [-0.3, -0.25) is 4.90 Å². The maximum absolute atomic E-state index is 5.02. The van der Waals surface area contributed by atoms with E-state index in [1.807, 2.05) is 16.8 Å². The zero-order chi connectivity index (χ0) is 20.3. The first kappa shape index (κ1) is 18.7. The summed E-state index contributed by atoms with van der Waals surface area (Å²) in [6.07, 6.45) is 9.24. The van der Waals surface area contributed by atoms with E-state index in [0.717, 1.165) is 37.6 Å². The molecule has 5 rings (SSSR count). The number of hydrogen-bond donors (Lipinski definition) is 1. The summed E-state index contributed by atoms with van der Waals surface area (Å²) in [5.41, 5.74) is 3.80. The number of aromatic amines is 1. The van der Waals surface area contributed by atoms with Crippen molar-refractivity contribution in [2.24, 2.45) is 0 Å². The van der Waals surface area contributed by atoms with Gasteiger partial charge < -0.3 is 9.55 Å². The second kappa shape index (κ2) is 8.20. The van der Waals surface area contributed by atoms with Crippen molar-refractivity contribution in [1.82, 2.24) is 34.4 Å². The minimum atomic E-state index is 0.332. The molecule has 0 saturated carbocycles. The molecule has 0 radical (unpaired) electrons. The zero-order valence-corrected chi connectivity index (χ0v) is 17.1. The maximum Gasteiger partial charge on any atom is 0.195 e. The second-order valence-electron chi connectivity index (χ2n) is 7.63. The molecule has 4 heterocycles. The predicted molar refractivity (Wildman–Crippen MR) is 115 cm³/mol. The van der Waals surface area contributed by atoms with Crippen LogP contribution in [0, 0.1) is 0 Å². The summed E-state index contributed by atoms with van der Waals surface area (Å²) in [6.45, 7) is 4.86. The lowest BCUT2D eigenvalue weighted by atomic mass is 10.00. The summed E-state index contributed by atoms with van der Waals surface area (Å²) in [5.74, 6) is 2.33.